The summed E-state index contributed by atoms with van der Waals surface area (Å²) in [5.74, 6) is 0. The second-order valence-electron chi connectivity index (χ2n) is 18.2. The molecule has 0 amide bonds. The van der Waals surface area contributed by atoms with Gasteiger partial charge in [0.2, 0.25) is 0 Å². The van der Waals surface area contributed by atoms with Crippen LogP contribution in [0.5, 0.6) is 0 Å². The minimum absolute atomic E-state index is 0.103. The molecular formula is C60H46N2. The molecule has 2 aliphatic rings. The molecule has 0 unspecified atom stereocenters. The van der Waals surface area contributed by atoms with Crippen molar-refractivity contribution in [2.24, 2.45) is 0 Å². The summed E-state index contributed by atoms with van der Waals surface area (Å²) in [6.07, 6.45) is 0. The molecule has 296 valence electrons. The van der Waals surface area contributed by atoms with Crippen molar-refractivity contribution in [1.82, 2.24) is 4.57 Å². The molecule has 1 aromatic heterocycles. The second-order valence-corrected chi connectivity index (χ2v) is 18.2. The van der Waals surface area contributed by atoms with Gasteiger partial charge in [-0.05, 0) is 116 Å². The standard InChI is InChI=1S/C60H46N2/c1-59(2)52-21-12-9-19-50(52)58-53(59)22-14-24-56(58)61(45-34-36-47-46-17-8-11-20-51(46)60(3,4)54(47)38-45)43-30-25-40(26-31-43)41-27-32-44(33-28-41)62-55-23-13-10-18-48(55)49-35-29-42(37-57(49)62)39-15-6-5-7-16-39/h5-38H,1-4H3. The van der Waals surface area contributed by atoms with Crippen molar-refractivity contribution in [1.29, 1.82) is 0 Å². The molecule has 0 bridgehead atoms. The lowest BCUT2D eigenvalue weighted by atomic mass is 9.82. The minimum Gasteiger partial charge on any atom is -0.310 e. The highest BCUT2D eigenvalue weighted by molar-refractivity contribution is 6.10. The van der Waals surface area contributed by atoms with Gasteiger partial charge in [-0.1, -0.05) is 179 Å². The summed E-state index contributed by atoms with van der Waals surface area (Å²) in [4.78, 5) is 2.50. The Morgan fingerprint density at radius 2 is 0.903 bits per heavy atom. The summed E-state index contributed by atoms with van der Waals surface area (Å²) in [5.41, 5.74) is 22.5. The van der Waals surface area contributed by atoms with E-state index < -0.39 is 0 Å². The van der Waals surface area contributed by atoms with E-state index in [1.54, 1.807) is 0 Å². The van der Waals surface area contributed by atoms with E-state index in [0.717, 1.165) is 11.4 Å². The Kier molecular flexibility index (Phi) is 7.96. The van der Waals surface area contributed by atoms with Crippen molar-refractivity contribution in [2.45, 2.75) is 38.5 Å². The first-order chi connectivity index (χ1) is 30.3. The minimum atomic E-state index is -0.111. The van der Waals surface area contributed by atoms with Crippen LogP contribution in [0.25, 0.3) is 72.0 Å². The summed E-state index contributed by atoms with van der Waals surface area (Å²) in [7, 11) is 0. The lowest BCUT2D eigenvalue weighted by Crippen LogP contribution is -2.17. The van der Waals surface area contributed by atoms with Gasteiger partial charge in [-0.2, -0.15) is 0 Å². The molecule has 0 atom stereocenters. The van der Waals surface area contributed by atoms with Crippen LogP contribution >= 0.6 is 0 Å². The lowest BCUT2D eigenvalue weighted by molar-refractivity contribution is 0.660. The van der Waals surface area contributed by atoms with Crippen LogP contribution in [0, 0.1) is 0 Å². The highest BCUT2D eigenvalue weighted by Gasteiger charge is 2.39. The lowest BCUT2D eigenvalue weighted by Gasteiger charge is -2.30. The summed E-state index contributed by atoms with van der Waals surface area (Å²) < 4.78 is 2.41. The van der Waals surface area contributed by atoms with E-state index in [0.29, 0.717) is 0 Å². The smallest absolute Gasteiger partial charge is 0.0547 e. The molecule has 0 fully saturated rings. The van der Waals surface area contributed by atoms with Gasteiger partial charge < -0.3 is 9.47 Å². The Morgan fingerprint density at radius 3 is 1.68 bits per heavy atom. The van der Waals surface area contributed by atoms with Gasteiger partial charge in [0.15, 0.2) is 0 Å². The zero-order valence-electron chi connectivity index (χ0n) is 35.5. The third-order valence-corrected chi connectivity index (χ3v) is 14.0. The molecule has 12 rings (SSSR count). The maximum absolute atomic E-state index is 2.50. The van der Waals surface area contributed by atoms with E-state index in [4.69, 9.17) is 0 Å². The fourth-order valence-corrected chi connectivity index (χ4v) is 10.8. The quantitative estimate of drug-likeness (QED) is 0.163. The molecule has 0 saturated carbocycles. The van der Waals surface area contributed by atoms with E-state index in [-0.39, 0.29) is 10.8 Å². The van der Waals surface area contributed by atoms with Crippen molar-refractivity contribution < 1.29 is 0 Å². The van der Waals surface area contributed by atoms with Crippen LogP contribution in [0.15, 0.2) is 206 Å². The first kappa shape index (κ1) is 36.4. The van der Waals surface area contributed by atoms with Gasteiger partial charge in [-0.15, -0.1) is 0 Å². The van der Waals surface area contributed by atoms with Crippen LogP contribution in [0.1, 0.15) is 49.9 Å². The van der Waals surface area contributed by atoms with Crippen LogP contribution in [0.2, 0.25) is 0 Å². The van der Waals surface area contributed by atoms with Crippen LogP contribution in [-0.2, 0) is 10.8 Å². The van der Waals surface area contributed by atoms with E-state index in [2.05, 4.69) is 243 Å². The molecule has 2 nitrogen and oxygen atoms in total. The monoisotopic (exact) mass is 794 g/mol. The summed E-state index contributed by atoms with van der Waals surface area (Å²) in [6, 6.07) is 76.5. The van der Waals surface area contributed by atoms with Gasteiger partial charge in [-0.3, -0.25) is 0 Å². The number of para-hydroxylation sites is 1. The average Bonchev–Trinajstić information content (AvgIpc) is 3.86. The van der Waals surface area contributed by atoms with Crippen LogP contribution < -0.4 is 4.90 Å². The number of fused-ring (bicyclic) bond motifs is 9. The predicted molar refractivity (Wildman–Crippen MR) is 261 cm³/mol. The Labute approximate surface area is 364 Å². The van der Waals surface area contributed by atoms with Crippen molar-refractivity contribution in [2.75, 3.05) is 4.90 Å². The highest BCUT2D eigenvalue weighted by Crippen LogP contribution is 2.55. The largest absolute Gasteiger partial charge is 0.310 e. The predicted octanol–water partition coefficient (Wildman–Crippen LogP) is 16.2. The third kappa shape index (κ3) is 5.36. The third-order valence-electron chi connectivity index (χ3n) is 14.0. The Hall–Kier alpha value is -7.42. The molecule has 2 aliphatic carbocycles. The normalized spacial score (nSPS) is 14.1. The zero-order valence-corrected chi connectivity index (χ0v) is 35.5. The molecule has 0 spiro atoms. The van der Waals surface area contributed by atoms with Crippen LogP contribution in [0.4, 0.5) is 17.1 Å². The zero-order chi connectivity index (χ0) is 41.7. The van der Waals surface area contributed by atoms with Crippen LogP contribution in [0.3, 0.4) is 0 Å². The molecule has 0 radical (unpaired) electrons. The number of nitrogens with zero attached hydrogens (tertiary/aromatic N) is 2. The Morgan fingerprint density at radius 1 is 0.355 bits per heavy atom. The molecule has 1 heterocycles. The molecule has 0 saturated heterocycles. The van der Waals surface area contributed by atoms with Gasteiger partial charge in [-0.25, -0.2) is 0 Å². The molecule has 62 heavy (non-hydrogen) atoms. The van der Waals surface area contributed by atoms with Gasteiger partial charge in [0.25, 0.3) is 0 Å². The number of rotatable bonds is 6. The van der Waals surface area contributed by atoms with E-state index in [1.165, 1.54) is 99.9 Å². The van der Waals surface area contributed by atoms with E-state index in [1.807, 2.05) is 0 Å². The van der Waals surface area contributed by atoms with Gasteiger partial charge in [0, 0.05) is 44.2 Å². The number of hydrogen-bond donors (Lipinski definition) is 0. The second kappa shape index (κ2) is 13.5. The average molecular weight is 795 g/mol. The topological polar surface area (TPSA) is 8.17 Å². The molecule has 0 N–H and O–H groups in total. The van der Waals surface area contributed by atoms with Gasteiger partial charge in [0.1, 0.15) is 0 Å². The van der Waals surface area contributed by atoms with Crippen molar-refractivity contribution in [3.05, 3.63) is 229 Å². The fourth-order valence-electron chi connectivity index (χ4n) is 10.8. The highest BCUT2D eigenvalue weighted by atomic mass is 15.1. The molecular weight excluding hydrogens is 749 g/mol. The fraction of sp³-hybridized carbons (Fsp3) is 0.100. The SMILES string of the molecule is CC1(C)c2ccccc2-c2ccc(N(c3ccc(-c4ccc(-n5c6ccccc6c6ccc(-c7ccccc7)cc65)cc4)cc3)c3cccc4c3-c3ccccc3C4(C)C)cc21. The summed E-state index contributed by atoms with van der Waals surface area (Å²) in [6.45, 7) is 9.47. The number of anilines is 3. The maximum Gasteiger partial charge on any atom is 0.0547 e. The Bertz CT molecular complexity index is 3380. The van der Waals surface area contributed by atoms with Gasteiger partial charge >= 0.3 is 0 Å². The molecule has 0 aliphatic heterocycles. The van der Waals surface area contributed by atoms with Crippen molar-refractivity contribution >= 4 is 38.9 Å². The van der Waals surface area contributed by atoms with E-state index >= 15 is 0 Å². The summed E-state index contributed by atoms with van der Waals surface area (Å²) in [5, 5.41) is 2.52. The van der Waals surface area contributed by atoms with Crippen molar-refractivity contribution in [3.63, 3.8) is 0 Å². The molecule has 2 heteroatoms. The van der Waals surface area contributed by atoms with E-state index in [9.17, 15) is 0 Å². The summed E-state index contributed by atoms with van der Waals surface area (Å²) >= 11 is 0. The molecule has 10 aromatic rings. The Balaban J connectivity index is 0.961. The first-order valence-corrected chi connectivity index (χ1v) is 21.8. The number of hydrogen-bond acceptors (Lipinski definition) is 1. The van der Waals surface area contributed by atoms with Gasteiger partial charge in [0.05, 0.1) is 16.7 Å². The number of aromatic nitrogens is 1. The maximum atomic E-state index is 2.50. The molecule has 9 aromatic carbocycles. The number of benzene rings is 9. The van der Waals surface area contributed by atoms with Crippen molar-refractivity contribution in [3.8, 4) is 50.2 Å². The van der Waals surface area contributed by atoms with Crippen LogP contribution in [-0.4, -0.2) is 4.57 Å². The first-order valence-electron chi connectivity index (χ1n) is 21.8.